The zero-order valence-electron chi connectivity index (χ0n) is 33.5. The van der Waals surface area contributed by atoms with Crippen LogP contribution in [0.5, 0.6) is 0 Å². The fraction of sp³-hybridized carbons (Fsp3) is 0.151. The summed E-state index contributed by atoms with van der Waals surface area (Å²) in [5.74, 6) is 1.91. The molecular formula is C53H41N5S. The van der Waals surface area contributed by atoms with Crippen molar-refractivity contribution < 1.29 is 0 Å². The van der Waals surface area contributed by atoms with E-state index in [1.807, 2.05) is 17.4 Å². The van der Waals surface area contributed by atoms with Crippen molar-refractivity contribution in [3.05, 3.63) is 163 Å². The Labute approximate surface area is 346 Å². The number of rotatable bonds is 4. The lowest BCUT2D eigenvalue weighted by molar-refractivity contribution is 0.332. The molecule has 7 aromatic carbocycles. The average Bonchev–Trinajstić information content (AvgIpc) is 3.92. The summed E-state index contributed by atoms with van der Waals surface area (Å²) in [7, 11) is 0. The molecule has 0 fully saturated rings. The molecular weight excluding hydrogens is 739 g/mol. The molecule has 59 heavy (non-hydrogen) atoms. The van der Waals surface area contributed by atoms with Crippen LogP contribution in [0.4, 0.5) is 0 Å². The van der Waals surface area contributed by atoms with Crippen LogP contribution in [0.1, 0.15) is 51.7 Å². The minimum Gasteiger partial charge on any atom is -0.309 e. The lowest BCUT2D eigenvalue weighted by atomic mass is 9.63. The summed E-state index contributed by atoms with van der Waals surface area (Å²) >= 11 is 1.81. The van der Waals surface area contributed by atoms with Gasteiger partial charge in [-0.15, -0.1) is 11.3 Å². The van der Waals surface area contributed by atoms with Gasteiger partial charge in [-0.1, -0.05) is 131 Å². The molecule has 0 amide bonds. The summed E-state index contributed by atoms with van der Waals surface area (Å²) < 4.78 is 7.28. The zero-order chi connectivity index (χ0) is 39.6. The molecule has 0 unspecified atom stereocenters. The van der Waals surface area contributed by atoms with Gasteiger partial charge in [-0.05, 0) is 83.3 Å². The summed E-state index contributed by atoms with van der Waals surface area (Å²) in [5.41, 5.74) is 10.5. The Balaban J connectivity index is 1.23. The molecule has 0 radical (unpaired) electrons. The molecule has 0 saturated carbocycles. The second-order valence-corrected chi connectivity index (χ2v) is 18.6. The molecule has 6 heteroatoms. The molecule has 4 heterocycles. The van der Waals surface area contributed by atoms with Crippen LogP contribution in [-0.2, 0) is 10.8 Å². The maximum atomic E-state index is 5.45. The van der Waals surface area contributed by atoms with Gasteiger partial charge >= 0.3 is 0 Å². The van der Waals surface area contributed by atoms with Crippen LogP contribution in [0.2, 0.25) is 0 Å². The first-order valence-corrected chi connectivity index (χ1v) is 21.4. The van der Waals surface area contributed by atoms with Crippen LogP contribution >= 0.6 is 11.3 Å². The molecule has 12 rings (SSSR count). The molecule has 0 aliphatic heterocycles. The Morgan fingerprint density at radius 3 is 1.86 bits per heavy atom. The number of thiophene rings is 1. The normalized spacial score (nSPS) is 14.9. The number of para-hydroxylation sites is 2. The van der Waals surface area contributed by atoms with E-state index in [0.29, 0.717) is 17.6 Å². The molecule has 4 aromatic heterocycles. The third kappa shape index (κ3) is 5.12. The SMILES string of the molecule is CC1(C)CCC(C)(C)c2cc3c(cc21)c1c(ccc2c4ccccc4n(-c4ccccc4)c21)n3-c1nc(-c2ccccc2)nc(-c2ccc3c(c2)sc2ccccc23)n1. The van der Waals surface area contributed by atoms with Gasteiger partial charge in [0.1, 0.15) is 0 Å². The van der Waals surface area contributed by atoms with Gasteiger partial charge in [0, 0.05) is 58.5 Å². The van der Waals surface area contributed by atoms with Crippen LogP contribution in [-0.4, -0.2) is 24.1 Å². The smallest absolute Gasteiger partial charge is 0.238 e. The van der Waals surface area contributed by atoms with Gasteiger partial charge in [0.2, 0.25) is 5.95 Å². The van der Waals surface area contributed by atoms with Crippen molar-refractivity contribution in [3.8, 4) is 34.4 Å². The third-order valence-electron chi connectivity index (χ3n) is 13.0. The summed E-state index contributed by atoms with van der Waals surface area (Å²) in [6, 6.07) is 54.8. The van der Waals surface area contributed by atoms with E-state index in [2.05, 4.69) is 182 Å². The molecule has 0 spiro atoms. The summed E-state index contributed by atoms with van der Waals surface area (Å²) in [5, 5.41) is 7.41. The quantitative estimate of drug-likeness (QED) is 0.179. The molecule has 11 aromatic rings. The standard InChI is InChI=1S/C53H41N5S/c1-52(2)27-28-53(3,4)41-31-44-39(30-40(41)52)47-43(26-25-38-35-19-11-13-21-42(35)57(48(38)47)34-17-9-6-10-18-34)58(44)51-55-49(32-15-7-5-8-16-32)54-50(56-51)33-23-24-37-36-20-12-14-22-45(36)59-46(37)29-33/h5-26,29-31H,27-28H2,1-4H3. The second kappa shape index (κ2) is 12.4. The van der Waals surface area contributed by atoms with E-state index in [1.165, 1.54) is 63.9 Å². The van der Waals surface area contributed by atoms with E-state index in [0.717, 1.165) is 40.7 Å². The number of hydrogen-bond acceptors (Lipinski definition) is 4. The molecule has 5 nitrogen and oxygen atoms in total. The first-order chi connectivity index (χ1) is 28.7. The first-order valence-electron chi connectivity index (χ1n) is 20.6. The van der Waals surface area contributed by atoms with Crippen molar-refractivity contribution in [3.63, 3.8) is 0 Å². The van der Waals surface area contributed by atoms with Gasteiger partial charge in [0.15, 0.2) is 11.6 Å². The van der Waals surface area contributed by atoms with Crippen molar-refractivity contribution in [1.82, 2.24) is 24.1 Å². The van der Waals surface area contributed by atoms with E-state index >= 15 is 0 Å². The summed E-state index contributed by atoms with van der Waals surface area (Å²) in [6.45, 7) is 9.65. The Kier molecular flexibility index (Phi) is 7.25. The summed E-state index contributed by atoms with van der Waals surface area (Å²) in [6.07, 6.45) is 2.26. The summed E-state index contributed by atoms with van der Waals surface area (Å²) in [4.78, 5) is 16.1. The minimum absolute atomic E-state index is 0.00764. The highest BCUT2D eigenvalue weighted by Crippen LogP contribution is 2.50. The fourth-order valence-electron chi connectivity index (χ4n) is 9.85. The van der Waals surface area contributed by atoms with Crippen molar-refractivity contribution in [2.24, 2.45) is 0 Å². The highest BCUT2D eigenvalue weighted by atomic mass is 32.1. The van der Waals surface area contributed by atoms with Crippen LogP contribution < -0.4 is 0 Å². The largest absolute Gasteiger partial charge is 0.309 e. The van der Waals surface area contributed by atoms with Crippen LogP contribution in [0.3, 0.4) is 0 Å². The Morgan fingerprint density at radius 1 is 0.458 bits per heavy atom. The molecule has 1 aliphatic rings. The van der Waals surface area contributed by atoms with Gasteiger partial charge in [-0.3, -0.25) is 4.57 Å². The van der Waals surface area contributed by atoms with Crippen molar-refractivity contribution in [2.45, 2.75) is 51.4 Å². The lowest BCUT2D eigenvalue weighted by Gasteiger charge is -2.42. The Hall–Kier alpha value is -6.63. The maximum absolute atomic E-state index is 5.45. The Bertz CT molecular complexity index is 3500. The molecule has 284 valence electrons. The number of fused-ring (bicyclic) bond motifs is 11. The maximum Gasteiger partial charge on any atom is 0.238 e. The van der Waals surface area contributed by atoms with Crippen LogP contribution in [0.15, 0.2) is 152 Å². The van der Waals surface area contributed by atoms with Crippen molar-refractivity contribution >= 4 is 75.1 Å². The fourth-order valence-corrected chi connectivity index (χ4v) is 11.0. The monoisotopic (exact) mass is 779 g/mol. The van der Waals surface area contributed by atoms with Gasteiger partial charge in [0.05, 0.1) is 22.1 Å². The van der Waals surface area contributed by atoms with Crippen molar-refractivity contribution in [1.29, 1.82) is 0 Å². The van der Waals surface area contributed by atoms with E-state index in [9.17, 15) is 0 Å². The molecule has 0 bridgehead atoms. The van der Waals surface area contributed by atoms with Crippen LogP contribution in [0, 0.1) is 0 Å². The molecule has 0 atom stereocenters. The Morgan fingerprint density at radius 2 is 1.08 bits per heavy atom. The first kappa shape index (κ1) is 34.4. The minimum atomic E-state index is 0.00764. The number of aromatic nitrogens is 5. The van der Waals surface area contributed by atoms with Gasteiger partial charge in [-0.25, -0.2) is 4.98 Å². The predicted octanol–water partition coefficient (Wildman–Crippen LogP) is 14.1. The van der Waals surface area contributed by atoms with E-state index < -0.39 is 0 Å². The number of benzene rings is 7. The highest BCUT2D eigenvalue weighted by Gasteiger charge is 2.38. The van der Waals surface area contributed by atoms with Gasteiger partial charge in [-0.2, -0.15) is 9.97 Å². The van der Waals surface area contributed by atoms with Crippen LogP contribution in [0.25, 0.3) is 98.2 Å². The lowest BCUT2D eigenvalue weighted by Crippen LogP contribution is -2.33. The molecule has 0 saturated heterocycles. The number of nitrogens with zero attached hydrogens (tertiary/aromatic N) is 5. The van der Waals surface area contributed by atoms with E-state index in [1.54, 1.807) is 0 Å². The van der Waals surface area contributed by atoms with Gasteiger partial charge in [0.25, 0.3) is 0 Å². The third-order valence-corrected chi connectivity index (χ3v) is 14.2. The average molecular weight is 780 g/mol. The molecule has 1 aliphatic carbocycles. The highest BCUT2D eigenvalue weighted by molar-refractivity contribution is 7.25. The number of hydrogen-bond donors (Lipinski definition) is 0. The van der Waals surface area contributed by atoms with Gasteiger partial charge < -0.3 is 4.57 Å². The zero-order valence-corrected chi connectivity index (χ0v) is 34.3. The molecule has 0 N–H and O–H groups in total. The van der Waals surface area contributed by atoms with E-state index in [4.69, 9.17) is 15.0 Å². The second-order valence-electron chi connectivity index (χ2n) is 17.5. The topological polar surface area (TPSA) is 48.5 Å². The van der Waals surface area contributed by atoms with E-state index in [-0.39, 0.29) is 10.8 Å². The predicted molar refractivity (Wildman–Crippen MR) is 248 cm³/mol. The van der Waals surface area contributed by atoms with Crippen molar-refractivity contribution in [2.75, 3.05) is 0 Å².